The third kappa shape index (κ3) is 3.88. The molecule has 2 aromatic carbocycles. The molecule has 2 aliphatic heterocycles. The van der Waals surface area contributed by atoms with E-state index in [-0.39, 0.29) is 16.0 Å². The monoisotopic (exact) mass is 446 g/mol. The molecule has 0 aliphatic carbocycles. The van der Waals surface area contributed by atoms with Gasteiger partial charge in [0.15, 0.2) is 0 Å². The van der Waals surface area contributed by atoms with Crippen molar-refractivity contribution in [2.24, 2.45) is 0 Å². The molecular weight excluding hydrogens is 428 g/mol. The van der Waals surface area contributed by atoms with Crippen molar-refractivity contribution in [3.05, 3.63) is 70.1 Å². The maximum absolute atomic E-state index is 12.8. The average molecular weight is 446 g/mol. The summed E-state index contributed by atoms with van der Waals surface area (Å²) in [6.07, 6.45) is 2.02. The Morgan fingerprint density at radius 2 is 1.56 bits per heavy atom. The average Bonchev–Trinajstić information content (AvgIpc) is 3.20. The van der Waals surface area contributed by atoms with Crippen LogP contribution in [0.1, 0.15) is 32.7 Å². The summed E-state index contributed by atoms with van der Waals surface area (Å²) in [6.45, 7) is 0.184. The summed E-state index contributed by atoms with van der Waals surface area (Å²) >= 11 is 0.771. The predicted octanol–water partition coefficient (Wildman–Crippen LogP) is 3.33. The molecule has 2 aliphatic rings. The van der Waals surface area contributed by atoms with Gasteiger partial charge in [0.25, 0.3) is 23.0 Å². The maximum atomic E-state index is 12.8. The molecule has 9 heteroatoms. The maximum Gasteiger partial charge on any atom is 0.295 e. The van der Waals surface area contributed by atoms with Gasteiger partial charge in [0.05, 0.1) is 28.5 Å². The van der Waals surface area contributed by atoms with Crippen LogP contribution in [0.4, 0.5) is 10.5 Å². The Labute approximate surface area is 188 Å². The molecule has 1 fully saturated rings. The van der Waals surface area contributed by atoms with Gasteiger partial charge in [-0.05, 0) is 47.7 Å². The van der Waals surface area contributed by atoms with Crippen LogP contribution in [0.5, 0.6) is 0 Å². The zero-order valence-electron chi connectivity index (χ0n) is 17.1. The molecule has 32 heavy (non-hydrogen) atoms. The number of carbonyl (C=O) groups is 4. The van der Waals surface area contributed by atoms with Gasteiger partial charge in [0, 0.05) is 19.3 Å². The third-order valence-corrected chi connectivity index (χ3v) is 6.13. The van der Waals surface area contributed by atoms with E-state index < -0.39 is 29.6 Å². The van der Waals surface area contributed by atoms with Crippen molar-refractivity contribution < 1.29 is 19.2 Å². The summed E-state index contributed by atoms with van der Waals surface area (Å²) in [7, 11) is 1.89. The Kier molecular flexibility index (Phi) is 5.79. The molecule has 0 aromatic heterocycles. The lowest BCUT2D eigenvalue weighted by Gasteiger charge is -2.19. The van der Waals surface area contributed by atoms with Crippen molar-refractivity contribution in [2.45, 2.75) is 6.42 Å². The molecule has 0 radical (unpaired) electrons. The van der Waals surface area contributed by atoms with E-state index in [1.54, 1.807) is 30.3 Å². The molecule has 2 aromatic rings. The molecule has 160 valence electrons. The van der Waals surface area contributed by atoms with Crippen molar-refractivity contribution in [1.82, 2.24) is 9.80 Å². The summed E-state index contributed by atoms with van der Waals surface area (Å²) in [5.74, 6) is -1.60. The van der Waals surface area contributed by atoms with E-state index in [9.17, 15) is 19.2 Å². The van der Waals surface area contributed by atoms with Crippen molar-refractivity contribution in [2.75, 3.05) is 25.2 Å². The second-order valence-corrected chi connectivity index (χ2v) is 8.25. The molecule has 0 atom stereocenters. The highest BCUT2D eigenvalue weighted by atomic mass is 32.2. The largest absolute Gasteiger partial charge is 0.374 e. The van der Waals surface area contributed by atoms with Crippen LogP contribution in [0.3, 0.4) is 0 Å². The lowest BCUT2D eigenvalue weighted by Crippen LogP contribution is -2.43. The van der Waals surface area contributed by atoms with Gasteiger partial charge < -0.3 is 4.90 Å². The molecule has 0 saturated carbocycles. The first-order valence-electron chi connectivity index (χ1n) is 9.79. The van der Waals surface area contributed by atoms with E-state index in [0.29, 0.717) is 13.0 Å². The Bertz CT molecular complexity index is 1160. The van der Waals surface area contributed by atoms with Crippen LogP contribution < -0.4 is 4.90 Å². The van der Waals surface area contributed by atoms with Gasteiger partial charge >= 0.3 is 0 Å². The zero-order valence-corrected chi connectivity index (χ0v) is 18.0. The highest BCUT2D eigenvalue weighted by Gasteiger charge is 2.42. The number of amides is 4. The van der Waals surface area contributed by atoms with E-state index >= 15 is 0 Å². The van der Waals surface area contributed by atoms with Crippen LogP contribution in [0, 0.1) is 11.3 Å². The Hall–Kier alpha value is -3.90. The van der Waals surface area contributed by atoms with Crippen LogP contribution in [-0.2, 0) is 4.79 Å². The fraction of sp³-hybridized carbons (Fsp3) is 0.174. The first kappa shape index (κ1) is 21.3. The van der Waals surface area contributed by atoms with Crippen LogP contribution in [0.25, 0.3) is 6.08 Å². The van der Waals surface area contributed by atoms with Crippen molar-refractivity contribution in [3.8, 4) is 6.07 Å². The minimum absolute atomic E-state index is 0.220. The highest BCUT2D eigenvalue weighted by Crippen LogP contribution is 2.33. The fourth-order valence-corrected chi connectivity index (χ4v) is 4.29. The molecule has 0 bridgehead atoms. The predicted molar refractivity (Wildman–Crippen MR) is 120 cm³/mol. The van der Waals surface area contributed by atoms with E-state index in [2.05, 4.69) is 6.07 Å². The molecule has 0 N–H and O–H groups in total. The molecule has 4 rings (SSSR count). The zero-order chi connectivity index (χ0) is 22.8. The number of rotatable bonds is 6. The number of nitriles is 1. The Balaban J connectivity index is 1.48. The SMILES string of the molecule is CN(CCC#N)c1ccc(C=C2SC(=O)N(CN3C(=O)c4ccccc4C3=O)C2=O)cc1. The number of hydrogen-bond donors (Lipinski definition) is 0. The number of anilines is 1. The third-order valence-electron chi connectivity index (χ3n) is 5.23. The second kappa shape index (κ2) is 8.69. The van der Waals surface area contributed by atoms with Crippen LogP contribution in [-0.4, -0.2) is 53.0 Å². The van der Waals surface area contributed by atoms with Crippen LogP contribution in [0.15, 0.2) is 53.4 Å². The number of hydrogen-bond acceptors (Lipinski definition) is 7. The van der Waals surface area contributed by atoms with Crippen molar-refractivity contribution in [1.29, 1.82) is 5.26 Å². The standard InChI is InChI=1S/C23H18N4O4S/c1-25(12-4-11-24)16-9-7-15(8-10-16)13-19-22(30)27(23(31)32-19)14-26-20(28)17-5-2-3-6-18(17)21(26)29/h2-3,5-10,13H,4,12,14H2,1H3. The molecule has 1 saturated heterocycles. The molecule has 4 amide bonds. The number of carbonyl (C=O) groups excluding carboxylic acids is 4. The number of imide groups is 2. The smallest absolute Gasteiger partial charge is 0.295 e. The second-order valence-electron chi connectivity index (χ2n) is 7.26. The Morgan fingerprint density at radius 1 is 0.938 bits per heavy atom. The molecule has 0 unspecified atom stereocenters. The van der Waals surface area contributed by atoms with E-state index in [1.165, 1.54) is 0 Å². The van der Waals surface area contributed by atoms with E-state index in [1.807, 2.05) is 36.2 Å². The van der Waals surface area contributed by atoms with Gasteiger partial charge in [-0.15, -0.1) is 0 Å². The van der Waals surface area contributed by atoms with Crippen LogP contribution in [0.2, 0.25) is 0 Å². The van der Waals surface area contributed by atoms with Gasteiger partial charge in [-0.25, -0.2) is 4.90 Å². The number of fused-ring (bicyclic) bond motifs is 1. The first-order valence-corrected chi connectivity index (χ1v) is 10.6. The minimum Gasteiger partial charge on any atom is -0.374 e. The lowest BCUT2D eigenvalue weighted by molar-refractivity contribution is -0.123. The van der Waals surface area contributed by atoms with Gasteiger partial charge in [0.1, 0.15) is 6.67 Å². The summed E-state index contributed by atoms with van der Waals surface area (Å²) < 4.78 is 0. The lowest BCUT2D eigenvalue weighted by atomic mass is 10.1. The summed E-state index contributed by atoms with van der Waals surface area (Å²) in [5, 5.41) is 8.17. The van der Waals surface area contributed by atoms with Crippen molar-refractivity contribution in [3.63, 3.8) is 0 Å². The van der Waals surface area contributed by atoms with Gasteiger partial charge in [-0.2, -0.15) is 5.26 Å². The topological polar surface area (TPSA) is 102 Å². The number of benzene rings is 2. The van der Waals surface area contributed by atoms with Gasteiger partial charge in [0.2, 0.25) is 0 Å². The normalized spacial score (nSPS) is 16.7. The summed E-state index contributed by atoms with van der Waals surface area (Å²) in [6, 6.07) is 15.9. The molecule has 2 heterocycles. The Morgan fingerprint density at radius 3 is 2.16 bits per heavy atom. The first-order chi connectivity index (χ1) is 15.4. The van der Waals surface area contributed by atoms with Crippen LogP contribution >= 0.6 is 11.8 Å². The quantitative estimate of drug-likeness (QED) is 0.495. The van der Waals surface area contributed by atoms with Crippen molar-refractivity contribution >= 4 is 46.5 Å². The number of thioether (sulfide) groups is 1. The summed E-state index contributed by atoms with van der Waals surface area (Å²) in [4.78, 5) is 54.3. The highest BCUT2D eigenvalue weighted by molar-refractivity contribution is 8.18. The number of nitrogens with zero attached hydrogens (tertiary/aromatic N) is 4. The van der Waals surface area contributed by atoms with E-state index in [4.69, 9.17) is 5.26 Å². The molecule has 8 nitrogen and oxygen atoms in total. The summed E-state index contributed by atoms with van der Waals surface area (Å²) in [5.41, 5.74) is 2.18. The van der Waals surface area contributed by atoms with E-state index in [0.717, 1.165) is 32.8 Å². The fourth-order valence-electron chi connectivity index (χ4n) is 3.45. The van der Waals surface area contributed by atoms with Gasteiger partial charge in [-0.3, -0.25) is 24.1 Å². The molecular formula is C23H18N4O4S. The molecule has 0 spiro atoms. The van der Waals surface area contributed by atoms with Gasteiger partial charge in [-0.1, -0.05) is 24.3 Å². The minimum atomic E-state index is -0.549.